The molecule has 23 heavy (non-hydrogen) atoms. The van der Waals surface area contributed by atoms with E-state index in [1.807, 2.05) is 25.3 Å². The summed E-state index contributed by atoms with van der Waals surface area (Å²) in [5, 5.41) is 12.9. The maximum atomic E-state index is 12.3. The van der Waals surface area contributed by atoms with Crippen molar-refractivity contribution in [1.29, 1.82) is 0 Å². The molecule has 1 saturated carbocycles. The molecule has 1 amide bonds. The molecule has 0 atom stereocenters. The van der Waals surface area contributed by atoms with Gasteiger partial charge in [0.2, 0.25) is 11.9 Å². The maximum Gasteiger partial charge on any atom is 0.227 e. The van der Waals surface area contributed by atoms with Crippen molar-refractivity contribution in [3.63, 3.8) is 0 Å². The van der Waals surface area contributed by atoms with E-state index in [-0.39, 0.29) is 23.5 Å². The molecule has 0 saturated heterocycles. The molecule has 2 N–H and O–H groups in total. The maximum absolute atomic E-state index is 12.3. The van der Waals surface area contributed by atoms with Gasteiger partial charge in [-0.05, 0) is 30.4 Å². The van der Waals surface area contributed by atoms with Gasteiger partial charge in [-0.3, -0.25) is 14.7 Å². The number of carbonyl (C=O) groups is 1. The van der Waals surface area contributed by atoms with Crippen LogP contribution in [0.1, 0.15) is 46.1 Å². The van der Waals surface area contributed by atoms with Gasteiger partial charge in [0.25, 0.3) is 0 Å². The molecular weight excluding hydrogens is 316 g/mol. The second-order valence-corrected chi connectivity index (χ2v) is 7.73. The highest BCUT2D eigenvalue weighted by Gasteiger charge is 2.33. The van der Waals surface area contributed by atoms with Gasteiger partial charge < -0.3 is 5.11 Å². The van der Waals surface area contributed by atoms with Crippen LogP contribution in [-0.4, -0.2) is 31.7 Å². The number of aliphatic hydroxyl groups excluding tert-OH is 1. The van der Waals surface area contributed by atoms with Gasteiger partial charge in [-0.25, -0.2) is 9.97 Å². The van der Waals surface area contributed by atoms with Crippen LogP contribution in [0.3, 0.4) is 0 Å². The number of pyridine rings is 1. The number of hydrogen-bond acceptors (Lipinski definition) is 4. The molecule has 1 aliphatic rings. The summed E-state index contributed by atoms with van der Waals surface area (Å²) < 4.78 is 1.88. The van der Waals surface area contributed by atoms with Crippen LogP contribution in [-0.2, 0) is 4.79 Å². The lowest BCUT2D eigenvalue weighted by atomic mass is 9.89. The summed E-state index contributed by atoms with van der Waals surface area (Å²) in [5.41, 5.74) is 1.22. The summed E-state index contributed by atoms with van der Waals surface area (Å²) in [5.74, 6) is 0.390. The van der Waals surface area contributed by atoms with Crippen LogP contribution in [0, 0.1) is 5.41 Å². The lowest BCUT2D eigenvalue weighted by molar-refractivity contribution is -0.117. The van der Waals surface area contributed by atoms with E-state index in [4.69, 9.17) is 11.6 Å². The third kappa shape index (κ3) is 3.48. The van der Waals surface area contributed by atoms with E-state index in [2.05, 4.69) is 15.3 Å². The molecule has 0 bridgehead atoms. The van der Waals surface area contributed by atoms with E-state index < -0.39 is 0 Å². The average Bonchev–Trinajstić information content (AvgIpc) is 2.69. The highest BCUT2D eigenvalue weighted by atomic mass is 35.5. The van der Waals surface area contributed by atoms with Crippen LogP contribution in [0.15, 0.2) is 12.1 Å². The van der Waals surface area contributed by atoms with Crippen molar-refractivity contribution < 1.29 is 9.90 Å². The topological polar surface area (TPSA) is 80.0 Å². The van der Waals surface area contributed by atoms with Gasteiger partial charge in [-0.15, -0.1) is 0 Å². The Hall–Kier alpha value is -1.66. The summed E-state index contributed by atoms with van der Waals surface area (Å²) in [4.78, 5) is 21.1. The first kappa shape index (κ1) is 16.2. The van der Waals surface area contributed by atoms with Crippen LogP contribution < -0.4 is 5.32 Å². The number of aliphatic hydroxyl groups is 1. The Morgan fingerprint density at radius 1 is 1.39 bits per heavy atom. The first-order chi connectivity index (χ1) is 10.7. The number of aromatic nitrogens is 3. The third-order valence-electron chi connectivity index (χ3n) is 3.90. The number of carbonyl (C=O) groups excluding carboxylic acids is 1. The molecule has 3 rings (SSSR count). The molecule has 0 aromatic carbocycles. The average molecular weight is 337 g/mol. The summed E-state index contributed by atoms with van der Waals surface area (Å²) >= 11 is 6.00. The Labute approximate surface area is 139 Å². The number of fused-ring (bicyclic) bond motifs is 1. The molecule has 7 heteroatoms. The quantitative estimate of drug-likeness (QED) is 0.844. The zero-order chi connectivity index (χ0) is 16.8. The van der Waals surface area contributed by atoms with Crippen LogP contribution in [0.4, 0.5) is 5.95 Å². The Balaban J connectivity index is 1.95. The number of nitrogens with zero attached hydrogens (tertiary/aromatic N) is 3. The van der Waals surface area contributed by atoms with E-state index in [0.717, 1.165) is 0 Å². The molecule has 2 aromatic heterocycles. The van der Waals surface area contributed by atoms with Crippen LogP contribution >= 0.6 is 11.6 Å². The van der Waals surface area contributed by atoms with Gasteiger partial charge in [-0.2, -0.15) is 0 Å². The molecule has 2 heterocycles. The molecule has 124 valence electrons. The van der Waals surface area contributed by atoms with E-state index in [1.165, 1.54) is 0 Å². The molecule has 1 fully saturated rings. The first-order valence-electron chi connectivity index (χ1n) is 7.75. The third-order valence-corrected chi connectivity index (χ3v) is 4.11. The van der Waals surface area contributed by atoms with E-state index in [1.54, 1.807) is 12.1 Å². The molecule has 1 aliphatic carbocycles. The van der Waals surface area contributed by atoms with Gasteiger partial charge in [0.05, 0.1) is 6.10 Å². The molecule has 0 radical (unpaired) electrons. The fourth-order valence-corrected chi connectivity index (χ4v) is 2.95. The Morgan fingerprint density at radius 2 is 2.09 bits per heavy atom. The van der Waals surface area contributed by atoms with Crippen molar-refractivity contribution in [3.05, 3.63) is 17.3 Å². The fraction of sp³-hybridized carbons (Fsp3) is 0.562. The smallest absolute Gasteiger partial charge is 0.227 e. The van der Waals surface area contributed by atoms with Crippen LogP contribution in [0.2, 0.25) is 5.15 Å². The number of amides is 1. The molecule has 6 nitrogen and oxygen atoms in total. The highest BCUT2D eigenvalue weighted by Crippen LogP contribution is 2.37. The zero-order valence-electron chi connectivity index (χ0n) is 13.5. The minimum Gasteiger partial charge on any atom is -0.393 e. The van der Waals surface area contributed by atoms with Gasteiger partial charge >= 0.3 is 0 Å². The minimum absolute atomic E-state index is 0.0749. The number of halogens is 1. The summed E-state index contributed by atoms with van der Waals surface area (Å²) in [6, 6.07) is 3.54. The number of hydrogen-bond donors (Lipinski definition) is 2. The lowest BCUT2D eigenvalue weighted by Crippen LogP contribution is -2.32. The minimum atomic E-state index is -0.310. The molecule has 0 spiro atoms. The van der Waals surface area contributed by atoms with Crippen molar-refractivity contribution in [3.8, 4) is 0 Å². The van der Waals surface area contributed by atoms with Crippen molar-refractivity contribution in [2.24, 2.45) is 5.41 Å². The first-order valence-corrected chi connectivity index (χ1v) is 8.13. The number of anilines is 1. The van der Waals surface area contributed by atoms with Gasteiger partial charge in [0, 0.05) is 12.5 Å². The van der Waals surface area contributed by atoms with Crippen molar-refractivity contribution >= 4 is 34.6 Å². The Kier molecular flexibility index (Phi) is 4.06. The van der Waals surface area contributed by atoms with E-state index >= 15 is 0 Å². The monoisotopic (exact) mass is 336 g/mol. The second-order valence-electron chi connectivity index (χ2n) is 7.35. The van der Waals surface area contributed by atoms with Crippen molar-refractivity contribution in [2.75, 3.05) is 5.32 Å². The molecule has 2 aromatic rings. The number of nitrogens with one attached hydrogen (secondary N) is 1. The SMILES string of the molecule is CC(C)(C)CC(=O)Nc1nc2ccc(Cl)nc2n1[C@H]1C[C@@H](O)C1. The number of imidazole rings is 1. The molecule has 0 aliphatic heterocycles. The predicted octanol–water partition coefficient (Wildman–Crippen LogP) is 3.16. The normalized spacial score (nSPS) is 21.3. The van der Waals surface area contributed by atoms with E-state index in [9.17, 15) is 9.90 Å². The summed E-state index contributed by atoms with van der Waals surface area (Å²) in [6.45, 7) is 6.04. The van der Waals surface area contributed by atoms with Crippen molar-refractivity contribution in [2.45, 2.75) is 52.2 Å². The lowest BCUT2D eigenvalue weighted by Gasteiger charge is -2.33. The van der Waals surface area contributed by atoms with Crippen LogP contribution in [0.5, 0.6) is 0 Å². The molecular formula is C16H21ClN4O2. The van der Waals surface area contributed by atoms with Gasteiger partial charge in [0.1, 0.15) is 10.7 Å². The molecule has 0 unspecified atom stereocenters. The van der Waals surface area contributed by atoms with E-state index in [0.29, 0.717) is 41.5 Å². The largest absolute Gasteiger partial charge is 0.393 e. The zero-order valence-corrected chi connectivity index (χ0v) is 14.3. The van der Waals surface area contributed by atoms with Crippen molar-refractivity contribution in [1.82, 2.24) is 14.5 Å². The van der Waals surface area contributed by atoms with Gasteiger partial charge in [0.15, 0.2) is 5.65 Å². The standard InChI is InChI=1S/C16H21ClN4O2/c1-16(2,3)8-13(23)20-15-18-11-4-5-12(17)19-14(11)21(15)9-6-10(22)7-9/h4-5,9-10,22H,6-8H2,1-3H3,(H,18,20,23)/t9-,10+. The summed E-state index contributed by atoms with van der Waals surface area (Å²) in [7, 11) is 0. The number of rotatable bonds is 3. The Bertz CT molecular complexity index is 744. The second kappa shape index (κ2) is 5.76. The fourth-order valence-electron chi connectivity index (χ4n) is 2.81. The highest BCUT2D eigenvalue weighted by molar-refractivity contribution is 6.29. The Morgan fingerprint density at radius 3 is 2.70 bits per heavy atom. The predicted molar refractivity (Wildman–Crippen MR) is 89.5 cm³/mol. The van der Waals surface area contributed by atoms with Gasteiger partial charge in [-0.1, -0.05) is 32.4 Å². The summed E-state index contributed by atoms with van der Waals surface area (Å²) in [6.07, 6.45) is 1.34. The van der Waals surface area contributed by atoms with Crippen LogP contribution in [0.25, 0.3) is 11.2 Å².